The van der Waals surface area contributed by atoms with Crippen molar-refractivity contribution in [1.29, 1.82) is 0 Å². The van der Waals surface area contributed by atoms with Crippen molar-refractivity contribution in [3.8, 4) is 5.75 Å². The molecule has 1 unspecified atom stereocenters. The van der Waals surface area contributed by atoms with Crippen molar-refractivity contribution in [2.24, 2.45) is 0 Å². The molecule has 0 aliphatic rings. The van der Waals surface area contributed by atoms with Crippen molar-refractivity contribution >= 4 is 0 Å². The van der Waals surface area contributed by atoms with Crippen molar-refractivity contribution in [3.63, 3.8) is 0 Å². The molecule has 20 heavy (non-hydrogen) atoms. The molecular weight excluding hydrogens is 254 g/mol. The third-order valence-corrected chi connectivity index (χ3v) is 2.89. The monoisotopic (exact) mass is 281 g/mol. The molecule has 0 aliphatic heterocycles. The summed E-state index contributed by atoms with van der Waals surface area (Å²) < 4.78 is 17.0. The van der Waals surface area contributed by atoms with Crippen molar-refractivity contribution < 1.29 is 14.2 Å². The fourth-order valence-corrected chi connectivity index (χ4v) is 2.12. The van der Waals surface area contributed by atoms with Crippen LogP contribution in [-0.2, 0) is 9.47 Å². The second-order valence-corrected chi connectivity index (χ2v) is 4.32. The zero-order valence-corrected chi connectivity index (χ0v) is 13.0. The molecular formula is C16H27NO3. The summed E-state index contributed by atoms with van der Waals surface area (Å²) in [5.74, 6) is 0.875. The van der Waals surface area contributed by atoms with E-state index in [2.05, 4.69) is 18.3 Å². The molecule has 0 saturated heterocycles. The Bertz CT molecular complexity index is 364. The molecule has 0 aliphatic carbocycles. The van der Waals surface area contributed by atoms with E-state index in [-0.39, 0.29) is 12.3 Å². The molecule has 0 fully saturated rings. The largest absolute Gasteiger partial charge is 0.494 e. The maximum atomic E-state index is 5.73. The highest BCUT2D eigenvalue weighted by Gasteiger charge is 2.23. The molecule has 0 saturated carbocycles. The third-order valence-electron chi connectivity index (χ3n) is 2.89. The maximum absolute atomic E-state index is 5.73. The molecule has 0 radical (unpaired) electrons. The number of rotatable bonds is 10. The van der Waals surface area contributed by atoms with E-state index in [9.17, 15) is 0 Å². The Kier molecular flexibility index (Phi) is 8.26. The van der Waals surface area contributed by atoms with Crippen LogP contribution in [0.4, 0.5) is 0 Å². The standard InChI is InChI=1S/C16H27NO3/c1-5-17-15(16(19-7-3)20-8-4)13-10-9-11-14(12-13)18-6-2/h9-12,15-17H,5-8H2,1-4H3. The van der Waals surface area contributed by atoms with Crippen LogP contribution in [0.2, 0.25) is 0 Å². The van der Waals surface area contributed by atoms with Gasteiger partial charge in [-0.2, -0.15) is 0 Å². The molecule has 114 valence electrons. The Morgan fingerprint density at radius 2 is 1.70 bits per heavy atom. The average molecular weight is 281 g/mol. The Morgan fingerprint density at radius 1 is 1.00 bits per heavy atom. The van der Waals surface area contributed by atoms with E-state index in [4.69, 9.17) is 14.2 Å². The van der Waals surface area contributed by atoms with Gasteiger partial charge in [0, 0.05) is 13.2 Å². The van der Waals surface area contributed by atoms with Gasteiger partial charge in [-0.25, -0.2) is 0 Å². The minimum atomic E-state index is -0.290. The predicted octanol–water partition coefficient (Wildman–Crippen LogP) is 3.14. The lowest BCUT2D eigenvalue weighted by molar-refractivity contribution is -0.155. The summed E-state index contributed by atoms with van der Waals surface area (Å²) in [7, 11) is 0. The molecule has 1 aromatic rings. The van der Waals surface area contributed by atoms with Crippen molar-refractivity contribution in [2.45, 2.75) is 40.0 Å². The zero-order valence-electron chi connectivity index (χ0n) is 13.0. The number of hydrogen-bond acceptors (Lipinski definition) is 4. The second-order valence-electron chi connectivity index (χ2n) is 4.32. The van der Waals surface area contributed by atoms with Crippen LogP contribution in [0.25, 0.3) is 0 Å². The molecule has 0 aromatic heterocycles. The maximum Gasteiger partial charge on any atom is 0.176 e. The van der Waals surface area contributed by atoms with E-state index >= 15 is 0 Å². The zero-order chi connectivity index (χ0) is 14.8. The van der Waals surface area contributed by atoms with Gasteiger partial charge in [0.2, 0.25) is 0 Å². The van der Waals surface area contributed by atoms with Crippen LogP contribution in [0.5, 0.6) is 5.75 Å². The molecule has 0 amide bonds. The number of ether oxygens (including phenoxy) is 3. The number of hydrogen-bond donors (Lipinski definition) is 1. The van der Waals surface area contributed by atoms with Gasteiger partial charge >= 0.3 is 0 Å². The number of nitrogens with one attached hydrogen (secondary N) is 1. The van der Waals surface area contributed by atoms with Crippen molar-refractivity contribution in [2.75, 3.05) is 26.4 Å². The molecule has 1 aromatic carbocycles. The Labute approximate surface area is 122 Å². The number of likely N-dealkylation sites (N-methyl/N-ethyl adjacent to an activating group) is 1. The second kappa shape index (κ2) is 9.75. The first kappa shape index (κ1) is 17.0. The summed E-state index contributed by atoms with van der Waals surface area (Å²) in [6, 6.07) is 8.08. The fourth-order valence-electron chi connectivity index (χ4n) is 2.12. The van der Waals surface area contributed by atoms with Crippen LogP contribution in [0.1, 0.15) is 39.3 Å². The normalized spacial score (nSPS) is 12.7. The minimum Gasteiger partial charge on any atom is -0.494 e. The van der Waals surface area contributed by atoms with Gasteiger partial charge in [0.15, 0.2) is 6.29 Å². The van der Waals surface area contributed by atoms with Crippen molar-refractivity contribution in [3.05, 3.63) is 29.8 Å². The molecule has 0 heterocycles. The van der Waals surface area contributed by atoms with Crippen LogP contribution in [0, 0.1) is 0 Å². The summed E-state index contributed by atoms with van der Waals surface area (Å²) >= 11 is 0. The van der Waals surface area contributed by atoms with E-state index in [1.807, 2.05) is 39.0 Å². The molecule has 1 atom stereocenters. The van der Waals surface area contributed by atoms with Crippen LogP contribution in [0.15, 0.2) is 24.3 Å². The quantitative estimate of drug-likeness (QED) is 0.669. The fraction of sp³-hybridized carbons (Fsp3) is 0.625. The smallest absolute Gasteiger partial charge is 0.176 e. The van der Waals surface area contributed by atoms with E-state index in [0.29, 0.717) is 19.8 Å². The van der Waals surface area contributed by atoms with Crippen molar-refractivity contribution in [1.82, 2.24) is 5.32 Å². The lowest BCUT2D eigenvalue weighted by atomic mass is 10.1. The van der Waals surface area contributed by atoms with Gasteiger partial charge in [-0.3, -0.25) is 0 Å². The highest BCUT2D eigenvalue weighted by Crippen LogP contribution is 2.24. The van der Waals surface area contributed by atoms with Gasteiger partial charge < -0.3 is 19.5 Å². The van der Waals surface area contributed by atoms with Gasteiger partial charge in [0.1, 0.15) is 5.75 Å². The highest BCUT2D eigenvalue weighted by molar-refractivity contribution is 5.31. The number of benzene rings is 1. The Balaban J connectivity index is 2.94. The van der Waals surface area contributed by atoms with Crippen LogP contribution in [0.3, 0.4) is 0 Å². The summed E-state index contributed by atoms with van der Waals surface area (Å²) in [6.45, 7) is 10.8. The van der Waals surface area contributed by atoms with Crippen LogP contribution in [-0.4, -0.2) is 32.7 Å². The molecule has 0 spiro atoms. The molecule has 4 nitrogen and oxygen atoms in total. The SMILES string of the molecule is CCNC(c1cccc(OCC)c1)C(OCC)OCC. The predicted molar refractivity (Wildman–Crippen MR) is 81.1 cm³/mol. The minimum absolute atomic E-state index is 0.000283. The lowest BCUT2D eigenvalue weighted by Crippen LogP contribution is -2.36. The first-order valence-electron chi connectivity index (χ1n) is 7.46. The Hall–Kier alpha value is -1.10. The molecule has 0 bridgehead atoms. The van der Waals surface area contributed by atoms with Gasteiger partial charge in [0.05, 0.1) is 12.6 Å². The lowest BCUT2D eigenvalue weighted by Gasteiger charge is -2.28. The van der Waals surface area contributed by atoms with E-state index in [1.165, 1.54) is 0 Å². The van der Waals surface area contributed by atoms with Gasteiger partial charge in [-0.05, 0) is 45.0 Å². The topological polar surface area (TPSA) is 39.7 Å². The first-order chi connectivity index (χ1) is 9.76. The van der Waals surface area contributed by atoms with Crippen LogP contribution < -0.4 is 10.1 Å². The van der Waals surface area contributed by atoms with Crippen LogP contribution >= 0.6 is 0 Å². The van der Waals surface area contributed by atoms with Gasteiger partial charge in [0.25, 0.3) is 0 Å². The summed E-state index contributed by atoms with van der Waals surface area (Å²) in [4.78, 5) is 0. The summed E-state index contributed by atoms with van der Waals surface area (Å²) in [5.41, 5.74) is 1.12. The van der Waals surface area contributed by atoms with Gasteiger partial charge in [-0.1, -0.05) is 19.1 Å². The third kappa shape index (κ3) is 5.12. The first-order valence-corrected chi connectivity index (χ1v) is 7.46. The Morgan fingerprint density at radius 3 is 2.25 bits per heavy atom. The molecule has 1 N–H and O–H groups in total. The van der Waals surface area contributed by atoms with E-state index in [1.54, 1.807) is 0 Å². The van der Waals surface area contributed by atoms with E-state index < -0.39 is 0 Å². The molecule has 4 heteroatoms. The van der Waals surface area contributed by atoms with E-state index in [0.717, 1.165) is 17.9 Å². The average Bonchev–Trinajstić information content (AvgIpc) is 2.45. The highest BCUT2D eigenvalue weighted by atomic mass is 16.7. The molecule has 1 rings (SSSR count). The summed E-state index contributed by atoms with van der Waals surface area (Å²) in [6.07, 6.45) is -0.290. The summed E-state index contributed by atoms with van der Waals surface area (Å²) in [5, 5.41) is 3.43. The van der Waals surface area contributed by atoms with Gasteiger partial charge in [-0.15, -0.1) is 0 Å².